The summed E-state index contributed by atoms with van der Waals surface area (Å²) in [5, 5.41) is 1.87. The molecule has 0 fully saturated rings. The van der Waals surface area contributed by atoms with Crippen molar-refractivity contribution in [1.29, 1.82) is 0 Å². The van der Waals surface area contributed by atoms with Crippen LogP contribution in [0.3, 0.4) is 0 Å². The lowest BCUT2D eigenvalue weighted by atomic mass is 9.92. The minimum absolute atomic E-state index is 0.633. The highest BCUT2D eigenvalue weighted by Crippen LogP contribution is 2.25. The molecule has 0 spiro atoms. The number of hydrogen-bond acceptors (Lipinski definition) is 2. The second-order valence-corrected chi connectivity index (χ2v) is 3.06. The second-order valence-electron chi connectivity index (χ2n) is 3.06. The fraction of sp³-hybridized carbons (Fsp3) is 0. The van der Waals surface area contributed by atoms with Gasteiger partial charge in [0, 0.05) is 16.8 Å². The fourth-order valence-electron chi connectivity index (χ4n) is 1.52. The van der Waals surface area contributed by atoms with E-state index < -0.39 is 0 Å². The topological polar surface area (TPSA) is 52.0 Å². The largest absolute Gasteiger partial charge is 0.398 e. The van der Waals surface area contributed by atoms with Crippen LogP contribution in [0.2, 0.25) is 0 Å². The van der Waals surface area contributed by atoms with Crippen LogP contribution in [0.5, 0.6) is 0 Å². The van der Waals surface area contributed by atoms with Gasteiger partial charge in [0.2, 0.25) is 0 Å². The van der Waals surface area contributed by atoms with Crippen molar-refractivity contribution >= 4 is 35.5 Å². The number of nitrogens with two attached hydrogens (primary N) is 2. The lowest BCUT2D eigenvalue weighted by molar-refractivity contribution is 1.73. The first-order valence-electron chi connectivity index (χ1n) is 4.01. The maximum atomic E-state index is 5.80. The highest BCUT2D eigenvalue weighted by molar-refractivity contribution is 6.34. The van der Waals surface area contributed by atoms with Crippen LogP contribution in [-0.4, -0.2) is 7.85 Å². The van der Waals surface area contributed by atoms with Gasteiger partial charge < -0.3 is 11.5 Å². The van der Waals surface area contributed by atoms with Crippen molar-refractivity contribution in [2.75, 3.05) is 11.5 Å². The van der Waals surface area contributed by atoms with Gasteiger partial charge in [-0.1, -0.05) is 23.7 Å². The average Bonchev–Trinajstić information content (AvgIpc) is 2.02. The van der Waals surface area contributed by atoms with Crippen molar-refractivity contribution in [3.63, 3.8) is 0 Å². The van der Waals surface area contributed by atoms with E-state index in [1.807, 2.05) is 24.3 Å². The highest BCUT2D eigenvalue weighted by Gasteiger charge is 2.01. The molecule has 0 saturated heterocycles. The van der Waals surface area contributed by atoms with Crippen LogP contribution in [-0.2, 0) is 0 Å². The molecule has 2 aromatic carbocycles. The molecule has 2 nitrogen and oxygen atoms in total. The Balaban J connectivity index is 2.94. The number of nitrogen functional groups attached to an aromatic ring is 2. The molecule has 13 heavy (non-hydrogen) atoms. The third-order valence-corrected chi connectivity index (χ3v) is 2.06. The van der Waals surface area contributed by atoms with Crippen LogP contribution >= 0.6 is 0 Å². The van der Waals surface area contributed by atoms with Gasteiger partial charge in [0.15, 0.2) is 0 Å². The molecule has 4 N–H and O–H groups in total. The van der Waals surface area contributed by atoms with Gasteiger partial charge in [-0.25, -0.2) is 0 Å². The first kappa shape index (κ1) is 7.99. The highest BCUT2D eigenvalue weighted by atomic mass is 14.6. The van der Waals surface area contributed by atoms with Gasteiger partial charge in [0.1, 0.15) is 7.85 Å². The molecular formula is C10H9BN2. The van der Waals surface area contributed by atoms with E-state index in [1.165, 1.54) is 0 Å². The van der Waals surface area contributed by atoms with E-state index in [0.29, 0.717) is 16.8 Å². The van der Waals surface area contributed by atoms with Gasteiger partial charge in [0.25, 0.3) is 0 Å². The quantitative estimate of drug-likeness (QED) is 0.451. The van der Waals surface area contributed by atoms with Crippen molar-refractivity contribution in [3.8, 4) is 0 Å². The molecule has 0 aliphatic heterocycles. The lowest BCUT2D eigenvalue weighted by Crippen LogP contribution is -2.04. The van der Waals surface area contributed by atoms with E-state index in [2.05, 4.69) is 0 Å². The molecule has 2 aromatic rings. The van der Waals surface area contributed by atoms with Gasteiger partial charge in [-0.15, -0.1) is 0 Å². The molecule has 0 bridgehead atoms. The zero-order valence-corrected chi connectivity index (χ0v) is 7.12. The van der Waals surface area contributed by atoms with Gasteiger partial charge >= 0.3 is 0 Å². The summed E-state index contributed by atoms with van der Waals surface area (Å²) in [6, 6.07) is 9.24. The molecule has 62 valence electrons. The summed E-state index contributed by atoms with van der Waals surface area (Å²) < 4.78 is 0. The molecule has 0 unspecified atom stereocenters. The van der Waals surface area contributed by atoms with E-state index in [9.17, 15) is 0 Å². The summed E-state index contributed by atoms with van der Waals surface area (Å²) in [5.74, 6) is 0. The molecule has 0 aliphatic rings. The van der Waals surface area contributed by atoms with Crippen molar-refractivity contribution < 1.29 is 0 Å². The monoisotopic (exact) mass is 168 g/mol. The van der Waals surface area contributed by atoms with Crippen LogP contribution in [0.4, 0.5) is 11.4 Å². The second kappa shape index (κ2) is 2.70. The Morgan fingerprint density at radius 1 is 1.00 bits per heavy atom. The molecule has 3 heteroatoms. The molecular weight excluding hydrogens is 159 g/mol. The standard InChI is InChI=1S/C10H9BN2/c11-7-4-6-2-1-3-8(12)10(6)9(13)5-7/h1-5H,12-13H2. The van der Waals surface area contributed by atoms with Crippen LogP contribution in [0, 0.1) is 0 Å². The maximum Gasteiger partial charge on any atom is 0.113 e. The predicted molar refractivity (Wildman–Crippen MR) is 58.2 cm³/mol. The number of fused-ring (bicyclic) bond motifs is 1. The summed E-state index contributed by atoms with van der Waals surface area (Å²) in [6.07, 6.45) is 0. The molecule has 0 saturated carbocycles. The maximum absolute atomic E-state index is 5.80. The summed E-state index contributed by atoms with van der Waals surface area (Å²) in [7, 11) is 5.65. The summed E-state index contributed by atoms with van der Waals surface area (Å²) >= 11 is 0. The molecule has 0 heterocycles. The van der Waals surface area contributed by atoms with E-state index in [4.69, 9.17) is 19.3 Å². The Morgan fingerprint density at radius 3 is 2.54 bits per heavy atom. The Morgan fingerprint density at radius 2 is 1.77 bits per heavy atom. The molecule has 0 amide bonds. The van der Waals surface area contributed by atoms with Gasteiger partial charge in [-0.05, 0) is 17.5 Å². The van der Waals surface area contributed by atoms with Crippen LogP contribution in [0.25, 0.3) is 10.8 Å². The predicted octanol–water partition coefficient (Wildman–Crippen LogP) is 0.798. The van der Waals surface area contributed by atoms with Crippen molar-refractivity contribution in [1.82, 2.24) is 0 Å². The Kier molecular flexibility index (Phi) is 1.66. The van der Waals surface area contributed by atoms with Gasteiger partial charge in [0.05, 0.1) is 0 Å². The van der Waals surface area contributed by atoms with Gasteiger partial charge in [-0.2, -0.15) is 0 Å². The zero-order chi connectivity index (χ0) is 9.42. The van der Waals surface area contributed by atoms with Crippen molar-refractivity contribution in [3.05, 3.63) is 30.3 Å². The number of anilines is 2. The third-order valence-electron chi connectivity index (χ3n) is 2.06. The third kappa shape index (κ3) is 1.22. The van der Waals surface area contributed by atoms with Crippen LogP contribution in [0.1, 0.15) is 0 Å². The first-order valence-corrected chi connectivity index (χ1v) is 4.01. The average molecular weight is 168 g/mol. The van der Waals surface area contributed by atoms with Crippen LogP contribution in [0.15, 0.2) is 30.3 Å². The van der Waals surface area contributed by atoms with E-state index in [-0.39, 0.29) is 0 Å². The van der Waals surface area contributed by atoms with E-state index in [0.717, 1.165) is 10.8 Å². The molecule has 2 radical (unpaired) electrons. The number of benzene rings is 2. The Bertz CT molecular complexity index is 466. The SMILES string of the molecule is [B]c1cc(N)c2c(N)cccc2c1. The molecule has 2 rings (SSSR count). The van der Waals surface area contributed by atoms with E-state index >= 15 is 0 Å². The Labute approximate surface area is 77.9 Å². The van der Waals surface area contributed by atoms with Crippen molar-refractivity contribution in [2.45, 2.75) is 0 Å². The molecule has 0 aromatic heterocycles. The van der Waals surface area contributed by atoms with Crippen LogP contribution < -0.4 is 16.9 Å². The number of hydrogen-bond donors (Lipinski definition) is 2. The summed E-state index contributed by atoms with van der Waals surface area (Å²) in [4.78, 5) is 0. The molecule has 0 atom stereocenters. The zero-order valence-electron chi connectivity index (χ0n) is 7.12. The minimum atomic E-state index is 0.633. The first-order chi connectivity index (χ1) is 6.18. The van der Waals surface area contributed by atoms with Crippen molar-refractivity contribution in [2.24, 2.45) is 0 Å². The fourth-order valence-corrected chi connectivity index (χ4v) is 1.52. The molecule has 0 aliphatic carbocycles. The summed E-state index contributed by atoms with van der Waals surface area (Å²) in [6.45, 7) is 0. The Hall–Kier alpha value is -1.64. The van der Waals surface area contributed by atoms with Gasteiger partial charge in [-0.3, -0.25) is 0 Å². The lowest BCUT2D eigenvalue weighted by Gasteiger charge is -2.06. The normalized spacial score (nSPS) is 10.5. The number of rotatable bonds is 0. The summed E-state index contributed by atoms with van der Waals surface area (Å²) in [5.41, 5.74) is 13.6. The smallest absolute Gasteiger partial charge is 0.113 e. The van der Waals surface area contributed by atoms with E-state index in [1.54, 1.807) is 6.07 Å². The minimum Gasteiger partial charge on any atom is -0.398 e.